The molecule has 160 valence electrons. The Balaban J connectivity index is 1.48. The van der Waals surface area contributed by atoms with Gasteiger partial charge in [-0.05, 0) is 49.6 Å². The molecule has 0 unspecified atom stereocenters. The average Bonchev–Trinajstić information content (AvgIpc) is 3.31. The zero-order valence-electron chi connectivity index (χ0n) is 17.9. The minimum absolute atomic E-state index is 0.0915. The van der Waals surface area contributed by atoms with Gasteiger partial charge in [0.05, 0.1) is 18.1 Å². The summed E-state index contributed by atoms with van der Waals surface area (Å²) >= 11 is 1.47. The molecule has 0 fully saturated rings. The number of amides is 1. The van der Waals surface area contributed by atoms with Crippen molar-refractivity contribution >= 4 is 38.4 Å². The van der Waals surface area contributed by atoms with Crippen LogP contribution in [0.15, 0.2) is 64.3 Å². The first-order valence-corrected chi connectivity index (χ1v) is 11.1. The number of thiophene rings is 1. The molecule has 0 atom stereocenters. The highest BCUT2D eigenvalue weighted by Gasteiger charge is 2.18. The monoisotopic (exact) mass is 443 g/mol. The molecule has 0 aliphatic carbocycles. The molecule has 0 spiro atoms. The molecule has 0 saturated carbocycles. The summed E-state index contributed by atoms with van der Waals surface area (Å²) in [6, 6.07) is 13.7. The van der Waals surface area contributed by atoms with Gasteiger partial charge < -0.3 is 4.42 Å². The van der Waals surface area contributed by atoms with Gasteiger partial charge in [-0.1, -0.05) is 30.3 Å². The highest BCUT2D eigenvalue weighted by molar-refractivity contribution is 7.19. The molecule has 0 saturated heterocycles. The number of nitrogens with zero attached hydrogens (tertiary/aromatic N) is 2. The normalized spacial score (nSPS) is 11.3. The number of hydrogen-bond donors (Lipinski definition) is 1. The Labute approximate surface area is 188 Å². The SMILES string of the molecule is Cc1cc2occ(CC(=O)Nn3cnc4sc(C)c(-c5ccccc5)c4c3=O)c2cc1C. The molecule has 2 aromatic carbocycles. The Bertz CT molecular complexity index is 1540. The molecule has 32 heavy (non-hydrogen) atoms. The second-order valence-electron chi connectivity index (χ2n) is 7.90. The molecule has 0 aliphatic heterocycles. The summed E-state index contributed by atoms with van der Waals surface area (Å²) in [6.07, 6.45) is 3.06. The van der Waals surface area contributed by atoms with E-state index in [1.807, 2.05) is 63.2 Å². The lowest BCUT2D eigenvalue weighted by atomic mass is 10.0. The van der Waals surface area contributed by atoms with E-state index >= 15 is 0 Å². The first kappa shape index (κ1) is 20.2. The highest BCUT2D eigenvalue weighted by Crippen LogP contribution is 2.35. The van der Waals surface area contributed by atoms with E-state index < -0.39 is 0 Å². The fourth-order valence-electron chi connectivity index (χ4n) is 3.95. The number of hydrogen-bond acceptors (Lipinski definition) is 5. The van der Waals surface area contributed by atoms with E-state index in [9.17, 15) is 9.59 Å². The summed E-state index contributed by atoms with van der Waals surface area (Å²) in [6.45, 7) is 6.03. The number of fused-ring (bicyclic) bond motifs is 2. The van der Waals surface area contributed by atoms with Crippen molar-refractivity contribution in [3.8, 4) is 11.1 Å². The quantitative estimate of drug-likeness (QED) is 0.419. The third-order valence-corrected chi connectivity index (χ3v) is 6.73. The summed E-state index contributed by atoms with van der Waals surface area (Å²) in [5, 5.41) is 1.42. The van der Waals surface area contributed by atoms with Gasteiger partial charge >= 0.3 is 0 Å². The van der Waals surface area contributed by atoms with Crippen molar-refractivity contribution in [3.63, 3.8) is 0 Å². The van der Waals surface area contributed by atoms with Crippen LogP contribution >= 0.6 is 11.3 Å². The maximum Gasteiger partial charge on any atom is 0.281 e. The van der Waals surface area contributed by atoms with Crippen molar-refractivity contribution in [1.29, 1.82) is 0 Å². The Kier molecular flexibility index (Phi) is 4.90. The first-order valence-electron chi connectivity index (χ1n) is 10.3. The fraction of sp³-hybridized carbons (Fsp3) is 0.160. The number of nitrogens with one attached hydrogen (secondary N) is 1. The van der Waals surface area contributed by atoms with Crippen LogP contribution in [-0.4, -0.2) is 15.6 Å². The van der Waals surface area contributed by atoms with E-state index in [0.29, 0.717) is 10.2 Å². The molecule has 0 bridgehead atoms. The summed E-state index contributed by atoms with van der Waals surface area (Å²) in [5.74, 6) is -0.317. The van der Waals surface area contributed by atoms with Crippen molar-refractivity contribution in [2.24, 2.45) is 0 Å². The van der Waals surface area contributed by atoms with E-state index in [1.165, 1.54) is 22.3 Å². The Morgan fingerprint density at radius 1 is 1.12 bits per heavy atom. The van der Waals surface area contributed by atoms with Gasteiger partial charge in [-0.3, -0.25) is 15.0 Å². The minimum Gasteiger partial charge on any atom is -0.464 e. The predicted molar refractivity (Wildman–Crippen MR) is 128 cm³/mol. The van der Waals surface area contributed by atoms with Crippen LogP contribution in [0, 0.1) is 20.8 Å². The molecular formula is C25H21N3O3S. The average molecular weight is 444 g/mol. The van der Waals surface area contributed by atoms with Gasteiger partial charge in [-0.15, -0.1) is 11.3 Å². The van der Waals surface area contributed by atoms with Crippen molar-refractivity contribution < 1.29 is 9.21 Å². The molecule has 1 amide bonds. The van der Waals surface area contributed by atoms with Gasteiger partial charge in [0, 0.05) is 21.4 Å². The molecule has 3 aromatic heterocycles. The van der Waals surface area contributed by atoms with Gasteiger partial charge in [0.1, 0.15) is 16.7 Å². The number of carbonyl (C=O) groups excluding carboxylic acids is 1. The van der Waals surface area contributed by atoms with Crippen LogP contribution < -0.4 is 11.0 Å². The molecule has 0 aliphatic rings. The number of aromatic nitrogens is 2. The first-order chi connectivity index (χ1) is 15.4. The van der Waals surface area contributed by atoms with Crippen LogP contribution in [0.2, 0.25) is 0 Å². The number of benzene rings is 2. The standard InChI is InChI=1S/C25H21N3O3S/c1-14-9-19-18(12-31-20(19)10-15(14)2)11-21(29)27-28-13-26-24-23(25(28)30)22(16(3)32-24)17-7-5-4-6-8-17/h4-10,12-13H,11H2,1-3H3,(H,27,29). The number of carbonyl (C=O) groups is 1. The largest absolute Gasteiger partial charge is 0.464 e. The maximum atomic E-state index is 13.3. The zero-order chi connectivity index (χ0) is 22.4. The van der Waals surface area contributed by atoms with E-state index in [-0.39, 0.29) is 17.9 Å². The summed E-state index contributed by atoms with van der Waals surface area (Å²) in [7, 11) is 0. The second kappa shape index (κ2) is 7.76. The minimum atomic E-state index is -0.317. The zero-order valence-corrected chi connectivity index (χ0v) is 18.7. The Morgan fingerprint density at radius 3 is 2.66 bits per heavy atom. The van der Waals surface area contributed by atoms with Gasteiger partial charge in [0.15, 0.2) is 0 Å². The van der Waals surface area contributed by atoms with Crippen LogP contribution in [0.25, 0.3) is 32.3 Å². The topological polar surface area (TPSA) is 77.1 Å². The van der Waals surface area contributed by atoms with Crippen LogP contribution in [0.1, 0.15) is 21.6 Å². The lowest BCUT2D eigenvalue weighted by Gasteiger charge is -2.08. The third kappa shape index (κ3) is 3.40. The molecule has 6 nitrogen and oxygen atoms in total. The number of aryl methyl sites for hydroxylation is 3. The molecule has 5 aromatic rings. The van der Waals surface area contributed by atoms with Gasteiger partial charge in [-0.25, -0.2) is 9.66 Å². The molecule has 1 N–H and O–H groups in total. The van der Waals surface area contributed by atoms with Gasteiger partial charge in [0.25, 0.3) is 5.56 Å². The van der Waals surface area contributed by atoms with E-state index in [1.54, 1.807) is 6.26 Å². The molecule has 0 radical (unpaired) electrons. The molecule has 3 heterocycles. The predicted octanol–water partition coefficient (Wildman–Crippen LogP) is 5.11. The third-order valence-electron chi connectivity index (χ3n) is 5.72. The molecule has 7 heteroatoms. The maximum absolute atomic E-state index is 13.3. The second-order valence-corrected chi connectivity index (χ2v) is 9.11. The van der Waals surface area contributed by atoms with E-state index in [4.69, 9.17) is 4.42 Å². The molecular weight excluding hydrogens is 422 g/mol. The smallest absolute Gasteiger partial charge is 0.281 e. The van der Waals surface area contributed by atoms with Crippen molar-refractivity contribution in [3.05, 3.63) is 87.0 Å². The van der Waals surface area contributed by atoms with Gasteiger partial charge in [0.2, 0.25) is 5.91 Å². The van der Waals surface area contributed by atoms with Crippen molar-refractivity contribution in [2.45, 2.75) is 27.2 Å². The lowest BCUT2D eigenvalue weighted by Crippen LogP contribution is -2.34. The number of furan rings is 1. The Morgan fingerprint density at radius 2 is 1.88 bits per heavy atom. The van der Waals surface area contributed by atoms with Crippen molar-refractivity contribution in [2.75, 3.05) is 5.43 Å². The highest BCUT2D eigenvalue weighted by atomic mass is 32.1. The van der Waals surface area contributed by atoms with Crippen molar-refractivity contribution in [1.82, 2.24) is 9.66 Å². The molecule has 5 rings (SSSR count). The van der Waals surface area contributed by atoms with Gasteiger partial charge in [-0.2, -0.15) is 0 Å². The lowest BCUT2D eigenvalue weighted by molar-refractivity contribution is -0.116. The van der Waals surface area contributed by atoms with E-state index in [2.05, 4.69) is 10.4 Å². The van der Waals surface area contributed by atoms with Crippen LogP contribution in [0.4, 0.5) is 0 Å². The van der Waals surface area contributed by atoms with Crippen LogP contribution in [-0.2, 0) is 11.2 Å². The summed E-state index contributed by atoms with van der Waals surface area (Å²) in [4.78, 5) is 32.1. The van der Waals surface area contributed by atoms with Crippen LogP contribution in [0.5, 0.6) is 0 Å². The van der Waals surface area contributed by atoms with E-state index in [0.717, 1.165) is 43.7 Å². The summed E-state index contributed by atoms with van der Waals surface area (Å²) < 4.78 is 6.79. The number of rotatable bonds is 4. The summed E-state index contributed by atoms with van der Waals surface area (Å²) in [5.41, 5.74) is 7.99. The Hall–Kier alpha value is -3.71. The fourth-order valence-corrected chi connectivity index (χ4v) is 4.96. The van der Waals surface area contributed by atoms with Crippen LogP contribution in [0.3, 0.4) is 0 Å².